The van der Waals surface area contributed by atoms with Gasteiger partial charge >= 0.3 is 0 Å². The number of rotatable bonds is 5. The average Bonchev–Trinajstić information content (AvgIpc) is 3.33. The third kappa shape index (κ3) is 3.58. The van der Waals surface area contributed by atoms with Gasteiger partial charge in [0.15, 0.2) is 0 Å². The van der Waals surface area contributed by atoms with Gasteiger partial charge < -0.3 is 10.0 Å². The maximum Gasteiger partial charge on any atom is 0.262 e. The monoisotopic (exact) mass is 399 g/mol. The van der Waals surface area contributed by atoms with E-state index in [0.717, 1.165) is 9.78 Å². The van der Waals surface area contributed by atoms with Crippen molar-refractivity contribution in [2.45, 2.75) is 6.10 Å². The molecular formula is C20H21N3O4S. The molecule has 1 atom stereocenters. The summed E-state index contributed by atoms with van der Waals surface area (Å²) in [7, 11) is 0. The molecule has 1 N–H and O–H groups in total. The molecule has 1 fully saturated rings. The number of aliphatic hydroxyl groups is 1. The van der Waals surface area contributed by atoms with Crippen LogP contribution in [0.2, 0.25) is 0 Å². The first-order valence-corrected chi connectivity index (χ1v) is 10.1. The standard InChI is InChI=1S/C20H21N3O4S/c24-16(17-6-3-11-28-17)12-21-7-9-22(10-8-21)18(25)13-23-19(26)14-4-1-2-5-15(14)20(23)27/h1-6,11,16,24H,7-10,12-13H2. The Morgan fingerprint density at radius 3 is 2.21 bits per heavy atom. The minimum Gasteiger partial charge on any atom is -0.386 e. The van der Waals surface area contributed by atoms with Gasteiger partial charge in [-0.1, -0.05) is 18.2 Å². The number of hydrogen-bond acceptors (Lipinski definition) is 6. The van der Waals surface area contributed by atoms with E-state index in [-0.39, 0.29) is 12.5 Å². The Labute approximate surface area is 166 Å². The van der Waals surface area contributed by atoms with Crippen LogP contribution < -0.4 is 0 Å². The predicted octanol–water partition coefficient (Wildman–Crippen LogP) is 1.22. The maximum absolute atomic E-state index is 12.6. The zero-order valence-corrected chi connectivity index (χ0v) is 16.1. The summed E-state index contributed by atoms with van der Waals surface area (Å²) in [5.41, 5.74) is 0.709. The molecule has 1 aromatic carbocycles. The van der Waals surface area contributed by atoms with Gasteiger partial charge in [0.1, 0.15) is 12.6 Å². The topological polar surface area (TPSA) is 81.2 Å². The Kier molecular flexibility index (Phi) is 5.25. The average molecular weight is 399 g/mol. The molecule has 7 nitrogen and oxygen atoms in total. The van der Waals surface area contributed by atoms with E-state index in [1.807, 2.05) is 17.5 Å². The fraction of sp³-hybridized carbons (Fsp3) is 0.350. The van der Waals surface area contributed by atoms with Crippen LogP contribution in [0.1, 0.15) is 31.7 Å². The smallest absolute Gasteiger partial charge is 0.262 e. The summed E-state index contributed by atoms with van der Waals surface area (Å²) in [6.07, 6.45) is -0.527. The van der Waals surface area contributed by atoms with Crippen molar-refractivity contribution in [3.05, 3.63) is 57.8 Å². The van der Waals surface area contributed by atoms with Crippen molar-refractivity contribution in [3.63, 3.8) is 0 Å². The van der Waals surface area contributed by atoms with Crippen molar-refractivity contribution in [1.82, 2.24) is 14.7 Å². The van der Waals surface area contributed by atoms with E-state index in [2.05, 4.69) is 4.90 Å². The quantitative estimate of drug-likeness (QED) is 0.765. The van der Waals surface area contributed by atoms with Gasteiger partial charge in [-0.3, -0.25) is 24.2 Å². The Hall–Kier alpha value is -2.55. The summed E-state index contributed by atoms with van der Waals surface area (Å²) in [4.78, 5) is 43.2. The van der Waals surface area contributed by atoms with Gasteiger partial charge in [0.05, 0.1) is 11.1 Å². The highest BCUT2D eigenvalue weighted by atomic mass is 32.1. The molecule has 3 amide bonds. The van der Waals surface area contributed by atoms with E-state index in [9.17, 15) is 19.5 Å². The zero-order valence-electron chi connectivity index (χ0n) is 15.3. The van der Waals surface area contributed by atoms with Crippen molar-refractivity contribution < 1.29 is 19.5 Å². The molecule has 0 saturated carbocycles. The van der Waals surface area contributed by atoms with Gasteiger partial charge in [-0.25, -0.2) is 0 Å². The van der Waals surface area contributed by atoms with E-state index in [1.165, 1.54) is 11.3 Å². The normalized spacial score (nSPS) is 18.5. The van der Waals surface area contributed by atoms with E-state index < -0.39 is 17.9 Å². The van der Waals surface area contributed by atoms with Gasteiger partial charge in [-0.2, -0.15) is 0 Å². The minimum atomic E-state index is -0.527. The van der Waals surface area contributed by atoms with Crippen molar-refractivity contribution in [1.29, 1.82) is 0 Å². The molecule has 146 valence electrons. The van der Waals surface area contributed by atoms with Gasteiger partial charge in [0, 0.05) is 37.6 Å². The lowest BCUT2D eigenvalue weighted by Crippen LogP contribution is -2.52. The third-order valence-electron chi connectivity index (χ3n) is 5.20. The molecule has 2 aliphatic rings. The molecule has 2 aliphatic heterocycles. The van der Waals surface area contributed by atoms with Gasteiger partial charge in [-0.15, -0.1) is 11.3 Å². The first kappa shape index (κ1) is 18.8. The zero-order chi connectivity index (χ0) is 19.7. The number of amides is 3. The van der Waals surface area contributed by atoms with Crippen LogP contribution in [0.4, 0.5) is 0 Å². The molecule has 28 heavy (non-hydrogen) atoms. The van der Waals surface area contributed by atoms with Crippen molar-refractivity contribution >= 4 is 29.1 Å². The lowest BCUT2D eigenvalue weighted by Gasteiger charge is -2.36. The lowest BCUT2D eigenvalue weighted by atomic mass is 10.1. The fourth-order valence-corrected chi connectivity index (χ4v) is 4.32. The van der Waals surface area contributed by atoms with Gasteiger partial charge in [0.2, 0.25) is 5.91 Å². The summed E-state index contributed by atoms with van der Waals surface area (Å²) < 4.78 is 0. The molecule has 2 aromatic rings. The number of imide groups is 1. The number of hydrogen-bond donors (Lipinski definition) is 1. The Bertz CT molecular complexity index is 856. The molecule has 1 aromatic heterocycles. The van der Waals surface area contributed by atoms with E-state index >= 15 is 0 Å². The first-order valence-electron chi connectivity index (χ1n) is 9.21. The van der Waals surface area contributed by atoms with Gasteiger partial charge in [-0.05, 0) is 23.6 Å². The molecule has 3 heterocycles. The van der Waals surface area contributed by atoms with Gasteiger partial charge in [0.25, 0.3) is 11.8 Å². The van der Waals surface area contributed by atoms with E-state index in [1.54, 1.807) is 29.2 Å². The minimum absolute atomic E-state index is 0.229. The molecule has 0 radical (unpaired) electrons. The molecule has 0 bridgehead atoms. The summed E-state index contributed by atoms with van der Waals surface area (Å²) in [5.74, 6) is -1.05. The molecule has 0 aliphatic carbocycles. The second kappa shape index (κ2) is 7.83. The second-order valence-corrected chi connectivity index (χ2v) is 7.93. The summed E-state index contributed by atoms with van der Waals surface area (Å²) in [6, 6.07) is 10.5. The summed E-state index contributed by atoms with van der Waals surface area (Å²) in [5, 5.41) is 12.2. The number of fused-ring (bicyclic) bond motifs is 1. The number of carbonyl (C=O) groups is 3. The molecule has 1 saturated heterocycles. The second-order valence-electron chi connectivity index (χ2n) is 6.95. The maximum atomic E-state index is 12.6. The molecule has 1 unspecified atom stereocenters. The summed E-state index contributed by atoms with van der Waals surface area (Å²) >= 11 is 1.53. The third-order valence-corrected chi connectivity index (χ3v) is 6.17. The van der Waals surface area contributed by atoms with Crippen LogP contribution in [0.25, 0.3) is 0 Å². The van der Waals surface area contributed by atoms with Crippen LogP contribution in [-0.4, -0.2) is 76.8 Å². The number of β-amino-alcohol motifs (C(OH)–C–C–N with tert-alkyl or cyclic N) is 1. The SMILES string of the molecule is O=C(CN1C(=O)c2ccccc2C1=O)N1CCN(CC(O)c2cccs2)CC1. The fourth-order valence-electron chi connectivity index (χ4n) is 3.61. The Morgan fingerprint density at radius 1 is 1.00 bits per heavy atom. The largest absolute Gasteiger partial charge is 0.386 e. The first-order chi connectivity index (χ1) is 13.5. The molecular weight excluding hydrogens is 378 g/mol. The number of benzene rings is 1. The summed E-state index contributed by atoms with van der Waals surface area (Å²) in [6.45, 7) is 2.62. The van der Waals surface area contributed by atoms with Crippen LogP contribution in [0.5, 0.6) is 0 Å². The van der Waals surface area contributed by atoms with E-state index in [0.29, 0.717) is 43.9 Å². The highest BCUT2D eigenvalue weighted by Gasteiger charge is 2.37. The number of nitrogens with zero attached hydrogens (tertiary/aromatic N) is 3. The van der Waals surface area contributed by atoms with Crippen LogP contribution >= 0.6 is 11.3 Å². The highest BCUT2D eigenvalue weighted by Crippen LogP contribution is 2.23. The number of piperazine rings is 1. The van der Waals surface area contributed by atoms with Crippen molar-refractivity contribution in [2.24, 2.45) is 0 Å². The van der Waals surface area contributed by atoms with E-state index in [4.69, 9.17) is 0 Å². The molecule has 8 heteroatoms. The van der Waals surface area contributed by atoms with Crippen LogP contribution in [-0.2, 0) is 4.79 Å². The lowest BCUT2D eigenvalue weighted by molar-refractivity contribution is -0.133. The number of thiophene rings is 1. The predicted molar refractivity (Wildman–Crippen MR) is 104 cm³/mol. The number of carbonyl (C=O) groups excluding carboxylic acids is 3. The molecule has 0 spiro atoms. The van der Waals surface area contributed by atoms with Crippen LogP contribution in [0, 0.1) is 0 Å². The van der Waals surface area contributed by atoms with Crippen molar-refractivity contribution in [2.75, 3.05) is 39.3 Å². The van der Waals surface area contributed by atoms with Crippen LogP contribution in [0.15, 0.2) is 41.8 Å². The Morgan fingerprint density at radius 2 is 1.64 bits per heavy atom. The van der Waals surface area contributed by atoms with Crippen molar-refractivity contribution in [3.8, 4) is 0 Å². The highest BCUT2D eigenvalue weighted by molar-refractivity contribution is 7.10. The van der Waals surface area contributed by atoms with Crippen LogP contribution in [0.3, 0.4) is 0 Å². The molecule has 4 rings (SSSR count). The number of aliphatic hydroxyl groups excluding tert-OH is 1. The Balaban J connectivity index is 1.30.